The van der Waals surface area contributed by atoms with Gasteiger partial charge in [-0.05, 0) is 12.1 Å². The standard InChI is InChI=1S/C10H12FNO3/c11-8-2-3-9-10(7(8)6-12-13)15-5-1-4-14-9/h2-3,12-13H,1,4-6H2. The van der Waals surface area contributed by atoms with Gasteiger partial charge in [0, 0.05) is 12.0 Å². The molecule has 0 aromatic heterocycles. The van der Waals surface area contributed by atoms with E-state index in [1.54, 1.807) is 0 Å². The second-order valence-corrected chi connectivity index (χ2v) is 3.24. The van der Waals surface area contributed by atoms with Gasteiger partial charge in [0.25, 0.3) is 0 Å². The average Bonchev–Trinajstić information content (AvgIpc) is 2.47. The normalized spacial score (nSPS) is 14.8. The second kappa shape index (κ2) is 4.46. The molecule has 0 aliphatic carbocycles. The molecule has 0 saturated carbocycles. The monoisotopic (exact) mass is 213 g/mol. The first-order valence-corrected chi connectivity index (χ1v) is 4.77. The highest BCUT2D eigenvalue weighted by Gasteiger charge is 2.17. The molecule has 0 spiro atoms. The summed E-state index contributed by atoms with van der Waals surface area (Å²) in [5.41, 5.74) is 2.21. The minimum absolute atomic E-state index is 0.00162. The van der Waals surface area contributed by atoms with E-state index in [-0.39, 0.29) is 12.1 Å². The van der Waals surface area contributed by atoms with Crippen molar-refractivity contribution in [3.8, 4) is 11.5 Å². The summed E-state index contributed by atoms with van der Waals surface area (Å²) in [7, 11) is 0. The predicted molar refractivity (Wildman–Crippen MR) is 50.6 cm³/mol. The lowest BCUT2D eigenvalue weighted by Gasteiger charge is -2.12. The quantitative estimate of drug-likeness (QED) is 0.730. The van der Waals surface area contributed by atoms with Gasteiger partial charge in [-0.1, -0.05) is 0 Å². The number of ether oxygens (including phenoxy) is 2. The zero-order valence-electron chi connectivity index (χ0n) is 8.12. The summed E-state index contributed by atoms with van der Waals surface area (Å²) in [4.78, 5) is 0. The fourth-order valence-electron chi connectivity index (χ4n) is 1.51. The van der Waals surface area contributed by atoms with Gasteiger partial charge in [-0.2, -0.15) is 0 Å². The van der Waals surface area contributed by atoms with Crippen molar-refractivity contribution in [1.82, 2.24) is 5.48 Å². The van der Waals surface area contributed by atoms with E-state index in [0.717, 1.165) is 6.42 Å². The van der Waals surface area contributed by atoms with Crippen LogP contribution in [-0.2, 0) is 6.54 Å². The van der Waals surface area contributed by atoms with Crippen LogP contribution in [0.25, 0.3) is 0 Å². The third kappa shape index (κ3) is 2.03. The summed E-state index contributed by atoms with van der Waals surface area (Å²) in [6.45, 7) is 1.05. The number of fused-ring (bicyclic) bond motifs is 1. The molecule has 15 heavy (non-hydrogen) atoms. The van der Waals surface area contributed by atoms with Gasteiger partial charge in [-0.25, -0.2) is 9.87 Å². The molecule has 0 saturated heterocycles. The van der Waals surface area contributed by atoms with Gasteiger partial charge < -0.3 is 14.7 Å². The molecule has 2 rings (SSSR count). The maximum atomic E-state index is 13.4. The number of hydrogen-bond donors (Lipinski definition) is 2. The highest BCUT2D eigenvalue weighted by molar-refractivity contribution is 5.47. The molecule has 1 aliphatic heterocycles. The van der Waals surface area contributed by atoms with Crippen molar-refractivity contribution in [2.45, 2.75) is 13.0 Å². The summed E-state index contributed by atoms with van der Waals surface area (Å²) >= 11 is 0. The van der Waals surface area contributed by atoms with Crippen LogP contribution in [0.15, 0.2) is 12.1 Å². The van der Waals surface area contributed by atoms with Gasteiger partial charge in [0.05, 0.1) is 19.8 Å². The van der Waals surface area contributed by atoms with E-state index in [9.17, 15) is 4.39 Å². The smallest absolute Gasteiger partial charge is 0.168 e. The zero-order chi connectivity index (χ0) is 10.7. The van der Waals surface area contributed by atoms with E-state index < -0.39 is 5.82 Å². The Bertz CT molecular complexity index is 357. The highest BCUT2D eigenvalue weighted by atomic mass is 19.1. The highest BCUT2D eigenvalue weighted by Crippen LogP contribution is 2.34. The number of rotatable bonds is 2. The van der Waals surface area contributed by atoms with Crippen LogP contribution < -0.4 is 15.0 Å². The number of nitrogens with one attached hydrogen (secondary N) is 1. The molecule has 1 aliphatic rings. The molecule has 0 bridgehead atoms. The van der Waals surface area contributed by atoms with Gasteiger partial charge in [0.15, 0.2) is 11.5 Å². The molecule has 0 amide bonds. The van der Waals surface area contributed by atoms with Gasteiger partial charge >= 0.3 is 0 Å². The Morgan fingerprint density at radius 1 is 1.33 bits per heavy atom. The Hall–Kier alpha value is -1.33. The SMILES string of the molecule is ONCc1c(F)ccc2c1OCCCO2. The van der Waals surface area contributed by atoms with E-state index in [1.165, 1.54) is 12.1 Å². The summed E-state index contributed by atoms with van der Waals surface area (Å²) in [5.74, 6) is 0.494. The topological polar surface area (TPSA) is 50.7 Å². The number of hydroxylamine groups is 1. The lowest BCUT2D eigenvalue weighted by molar-refractivity contribution is 0.158. The average molecular weight is 213 g/mol. The van der Waals surface area contributed by atoms with Crippen LogP contribution in [0.1, 0.15) is 12.0 Å². The van der Waals surface area contributed by atoms with Crippen molar-refractivity contribution in [2.75, 3.05) is 13.2 Å². The van der Waals surface area contributed by atoms with E-state index in [0.29, 0.717) is 24.7 Å². The second-order valence-electron chi connectivity index (χ2n) is 3.24. The summed E-state index contributed by atoms with van der Waals surface area (Å²) in [6, 6.07) is 2.84. The molecule has 5 heteroatoms. The lowest BCUT2D eigenvalue weighted by atomic mass is 10.1. The van der Waals surface area contributed by atoms with Crippen LogP contribution in [0.3, 0.4) is 0 Å². The summed E-state index contributed by atoms with van der Waals surface area (Å²) < 4.78 is 24.2. The molecule has 1 aromatic carbocycles. The van der Waals surface area contributed by atoms with Crippen molar-refractivity contribution in [3.63, 3.8) is 0 Å². The largest absolute Gasteiger partial charge is 0.490 e. The van der Waals surface area contributed by atoms with Crippen molar-refractivity contribution in [2.24, 2.45) is 0 Å². The minimum Gasteiger partial charge on any atom is -0.490 e. The van der Waals surface area contributed by atoms with Crippen LogP contribution in [0, 0.1) is 5.82 Å². The fraction of sp³-hybridized carbons (Fsp3) is 0.400. The lowest BCUT2D eigenvalue weighted by Crippen LogP contribution is -2.10. The molecule has 4 nitrogen and oxygen atoms in total. The molecule has 2 N–H and O–H groups in total. The van der Waals surface area contributed by atoms with Gasteiger partial charge in [0.2, 0.25) is 0 Å². The van der Waals surface area contributed by atoms with Crippen molar-refractivity contribution < 1.29 is 19.1 Å². The molecule has 82 valence electrons. The van der Waals surface area contributed by atoms with E-state index in [4.69, 9.17) is 14.7 Å². The molecule has 0 fully saturated rings. The Morgan fingerprint density at radius 2 is 2.13 bits per heavy atom. The first-order valence-electron chi connectivity index (χ1n) is 4.77. The molecule has 0 radical (unpaired) electrons. The predicted octanol–water partition coefficient (Wildman–Crippen LogP) is 1.47. The maximum absolute atomic E-state index is 13.4. The third-order valence-corrected chi connectivity index (χ3v) is 2.22. The summed E-state index contributed by atoms with van der Waals surface area (Å²) in [6.07, 6.45) is 0.766. The Kier molecular flexibility index (Phi) is 3.03. The van der Waals surface area contributed by atoms with Crippen molar-refractivity contribution in [1.29, 1.82) is 0 Å². The van der Waals surface area contributed by atoms with Crippen LogP contribution in [0.2, 0.25) is 0 Å². The van der Waals surface area contributed by atoms with Crippen LogP contribution >= 0.6 is 0 Å². The van der Waals surface area contributed by atoms with Gasteiger partial charge in [-0.15, -0.1) is 0 Å². The first-order chi connectivity index (χ1) is 7.33. The summed E-state index contributed by atoms with van der Waals surface area (Å²) in [5, 5.41) is 8.60. The van der Waals surface area contributed by atoms with E-state index in [2.05, 4.69) is 0 Å². The first kappa shape index (κ1) is 10.2. The number of benzene rings is 1. The van der Waals surface area contributed by atoms with E-state index >= 15 is 0 Å². The van der Waals surface area contributed by atoms with Crippen LogP contribution in [-0.4, -0.2) is 18.4 Å². The van der Waals surface area contributed by atoms with E-state index in [1.807, 2.05) is 5.48 Å². The Labute approximate surface area is 86.6 Å². The van der Waals surface area contributed by atoms with Gasteiger partial charge in [-0.3, -0.25) is 0 Å². The molecular weight excluding hydrogens is 201 g/mol. The maximum Gasteiger partial charge on any atom is 0.168 e. The molecule has 1 aromatic rings. The minimum atomic E-state index is -0.416. The van der Waals surface area contributed by atoms with Crippen molar-refractivity contribution >= 4 is 0 Å². The molecule has 0 unspecified atom stereocenters. The van der Waals surface area contributed by atoms with Crippen LogP contribution in [0.4, 0.5) is 4.39 Å². The number of halogens is 1. The van der Waals surface area contributed by atoms with Crippen molar-refractivity contribution in [3.05, 3.63) is 23.5 Å². The third-order valence-electron chi connectivity index (χ3n) is 2.22. The fourth-order valence-corrected chi connectivity index (χ4v) is 1.51. The van der Waals surface area contributed by atoms with Gasteiger partial charge in [0.1, 0.15) is 5.82 Å². The Morgan fingerprint density at radius 3 is 2.93 bits per heavy atom. The number of hydrogen-bond acceptors (Lipinski definition) is 4. The molecule has 0 atom stereocenters. The molecular formula is C10H12FNO3. The Balaban J connectivity index is 2.42. The van der Waals surface area contributed by atoms with Crippen LogP contribution in [0.5, 0.6) is 11.5 Å². The zero-order valence-corrected chi connectivity index (χ0v) is 8.12. The molecule has 1 heterocycles.